The quantitative estimate of drug-likeness (QED) is 0.679. The standard InChI is InChI=1S/C11H21N3O2/c1-2-13-10(15)4-3-5-11(16)14-8-6-12-7-9-14/h12H,2-9H2,1H3,(H,13,15). The normalized spacial score (nSPS) is 15.9. The molecule has 1 saturated heterocycles. The van der Waals surface area contributed by atoms with Gasteiger partial charge in [-0.1, -0.05) is 0 Å². The predicted octanol–water partition coefficient (Wildman–Crippen LogP) is -0.275. The molecule has 1 rings (SSSR count). The van der Waals surface area contributed by atoms with E-state index < -0.39 is 0 Å². The van der Waals surface area contributed by atoms with Gasteiger partial charge in [-0.15, -0.1) is 0 Å². The lowest BCUT2D eigenvalue weighted by Crippen LogP contribution is -2.46. The van der Waals surface area contributed by atoms with Crippen LogP contribution in [0.2, 0.25) is 0 Å². The van der Waals surface area contributed by atoms with E-state index in [0.717, 1.165) is 26.2 Å². The largest absolute Gasteiger partial charge is 0.356 e. The first kappa shape index (κ1) is 13.0. The summed E-state index contributed by atoms with van der Waals surface area (Å²) in [6, 6.07) is 0. The Morgan fingerprint density at radius 3 is 2.56 bits per heavy atom. The molecule has 0 aliphatic carbocycles. The van der Waals surface area contributed by atoms with E-state index in [9.17, 15) is 9.59 Å². The number of piperazine rings is 1. The van der Waals surface area contributed by atoms with Crippen LogP contribution in [0.5, 0.6) is 0 Å². The van der Waals surface area contributed by atoms with Crippen molar-refractivity contribution in [3.05, 3.63) is 0 Å². The molecule has 5 heteroatoms. The van der Waals surface area contributed by atoms with Crippen LogP contribution < -0.4 is 10.6 Å². The van der Waals surface area contributed by atoms with Crippen molar-refractivity contribution in [1.29, 1.82) is 0 Å². The van der Waals surface area contributed by atoms with Gasteiger partial charge in [0.05, 0.1) is 0 Å². The summed E-state index contributed by atoms with van der Waals surface area (Å²) < 4.78 is 0. The number of nitrogens with zero attached hydrogens (tertiary/aromatic N) is 1. The van der Waals surface area contributed by atoms with Crippen molar-refractivity contribution in [2.24, 2.45) is 0 Å². The van der Waals surface area contributed by atoms with Crippen LogP contribution in [0.15, 0.2) is 0 Å². The highest BCUT2D eigenvalue weighted by Crippen LogP contribution is 2.02. The minimum absolute atomic E-state index is 0.0376. The van der Waals surface area contributed by atoms with E-state index in [1.807, 2.05) is 11.8 Å². The summed E-state index contributed by atoms with van der Waals surface area (Å²) in [5.74, 6) is 0.210. The summed E-state index contributed by atoms with van der Waals surface area (Å²) in [5, 5.41) is 5.93. The second kappa shape index (κ2) is 7.22. The molecule has 92 valence electrons. The van der Waals surface area contributed by atoms with Crippen molar-refractivity contribution in [2.75, 3.05) is 32.7 Å². The summed E-state index contributed by atoms with van der Waals surface area (Å²) in [6.45, 7) is 5.89. The Hall–Kier alpha value is -1.10. The molecule has 0 aromatic heterocycles. The Kier molecular flexibility index (Phi) is 5.85. The van der Waals surface area contributed by atoms with Crippen LogP contribution in [-0.4, -0.2) is 49.4 Å². The molecule has 0 radical (unpaired) electrons. The maximum absolute atomic E-state index is 11.7. The number of hydrogen-bond donors (Lipinski definition) is 2. The van der Waals surface area contributed by atoms with Crippen molar-refractivity contribution >= 4 is 11.8 Å². The van der Waals surface area contributed by atoms with Crippen LogP contribution in [-0.2, 0) is 9.59 Å². The molecule has 0 aromatic rings. The summed E-state index contributed by atoms with van der Waals surface area (Å²) in [6.07, 6.45) is 1.58. The molecule has 16 heavy (non-hydrogen) atoms. The second-order valence-electron chi connectivity index (χ2n) is 3.94. The fraction of sp³-hybridized carbons (Fsp3) is 0.818. The zero-order valence-electron chi connectivity index (χ0n) is 9.92. The van der Waals surface area contributed by atoms with Crippen molar-refractivity contribution in [1.82, 2.24) is 15.5 Å². The van der Waals surface area contributed by atoms with Crippen LogP contribution in [0.4, 0.5) is 0 Å². The fourth-order valence-electron chi connectivity index (χ4n) is 1.76. The summed E-state index contributed by atoms with van der Waals surface area (Å²) in [7, 11) is 0. The lowest BCUT2D eigenvalue weighted by atomic mass is 10.2. The molecule has 0 bridgehead atoms. The van der Waals surface area contributed by atoms with Crippen LogP contribution in [0.25, 0.3) is 0 Å². The minimum Gasteiger partial charge on any atom is -0.356 e. The molecule has 0 atom stereocenters. The van der Waals surface area contributed by atoms with Crippen LogP contribution in [0, 0.1) is 0 Å². The number of rotatable bonds is 5. The zero-order chi connectivity index (χ0) is 11.8. The molecule has 0 unspecified atom stereocenters. The average molecular weight is 227 g/mol. The number of carbonyl (C=O) groups excluding carboxylic acids is 2. The second-order valence-corrected chi connectivity index (χ2v) is 3.94. The van der Waals surface area contributed by atoms with Gasteiger partial charge < -0.3 is 15.5 Å². The average Bonchev–Trinajstić information content (AvgIpc) is 2.30. The highest BCUT2D eigenvalue weighted by atomic mass is 16.2. The summed E-state index contributed by atoms with van der Waals surface area (Å²) in [5.41, 5.74) is 0. The van der Waals surface area contributed by atoms with Gasteiger partial charge in [-0.3, -0.25) is 9.59 Å². The van der Waals surface area contributed by atoms with Crippen molar-refractivity contribution in [2.45, 2.75) is 26.2 Å². The molecule has 1 aliphatic rings. The van der Waals surface area contributed by atoms with Crippen molar-refractivity contribution in [3.8, 4) is 0 Å². The SMILES string of the molecule is CCNC(=O)CCCC(=O)N1CCNCC1. The Bertz CT molecular complexity index is 237. The third kappa shape index (κ3) is 4.61. The van der Waals surface area contributed by atoms with Gasteiger partial charge in [0.1, 0.15) is 0 Å². The van der Waals surface area contributed by atoms with Crippen molar-refractivity contribution < 1.29 is 9.59 Å². The Morgan fingerprint density at radius 2 is 1.94 bits per heavy atom. The van der Waals surface area contributed by atoms with E-state index in [-0.39, 0.29) is 11.8 Å². The first-order chi connectivity index (χ1) is 7.74. The summed E-state index contributed by atoms with van der Waals surface area (Å²) >= 11 is 0. The molecule has 1 fully saturated rings. The maximum Gasteiger partial charge on any atom is 0.222 e. The van der Waals surface area contributed by atoms with Gasteiger partial charge in [0, 0.05) is 45.6 Å². The smallest absolute Gasteiger partial charge is 0.222 e. The molecule has 5 nitrogen and oxygen atoms in total. The number of amides is 2. The minimum atomic E-state index is 0.0376. The van der Waals surface area contributed by atoms with Gasteiger partial charge in [0.2, 0.25) is 11.8 Å². The predicted molar refractivity (Wildman–Crippen MR) is 62.0 cm³/mol. The maximum atomic E-state index is 11.7. The van der Waals surface area contributed by atoms with E-state index in [4.69, 9.17) is 0 Å². The monoisotopic (exact) mass is 227 g/mol. The van der Waals surface area contributed by atoms with Crippen LogP contribution in [0.3, 0.4) is 0 Å². The first-order valence-electron chi connectivity index (χ1n) is 5.99. The number of hydrogen-bond acceptors (Lipinski definition) is 3. The highest BCUT2D eigenvalue weighted by molar-refractivity contribution is 5.79. The van der Waals surface area contributed by atoms with Gasteiger partial charge in [0.25, 0.3) is 0 Å². The molecule has 0 aromatic carbocycles. The molecule has 0 saturated carbocycles. The van der Waals surface area contributed by atoms with E-state index >= 15 is 0 Å². The molecular weight excluding hydrogens is 206 g/mol. The molecule has 1 heterocycles. The Balaban J connectivity index is 2.12. The van der Waals surface area contributed by atoms with E-state index in [1.54, 1.807) is 0 Å². The zero-order valence-corrected chi connectivity index (χ0v) is 9.92. The van der Waals surface area contributed by atoms with Gasteiger partial charge in [-0.05, 0) is 13.3 Å². The van der Waals surface area contributed by atoms with E-state index in [1.165, 1.54) is 0 Å². The van der Waals surface area contributed by atoms with Gasteiger partial charge in [0.15, 0.2) is 0 Å². The Morgan fingerprint density at radius 1 is 1.25 bits per heavy atom. The highest BCUT2D eigenvalue weighted by Gasteiger charge is 2.15. The van der Waals surface area contributed by atoms with E-state index in [0.29, 0.717) is 25.8 Å². The molecule has 1 aliphatic heterocycles. The van der Waals surface area contributed by atoms with Crippen LogP contribution >= 0.6 is 0 Å². The lowest BCUT2D eigenvalue weighted by molar-refractivity contribution is -0.132. The van der Waals surface area contributed by atoms with Crippen molar-refractivity contribution in [3.63, 3.8) is 0 Å². The topological polar surface area (TPSA) is 61.4 Å². The van der Waals surface area contributed by atoms with E-state index in [2.05, 4.69) is 10.6 Å². The molecule has 2 amide bonds. The number of carbonyl (C=O) groups is 2. The van der Waals surface area contributed by atoms with Gasteiger partial charge in [-0.25, -0.2) is 0 Å². The summed E-state index contributed by atoms with van der Waals surface area (Å²) in [4.78, 5) is 24.7. The third-order valence-corrected chi connectivity index (χ3v) is 2.64. The molecule has 2 N–H and O–H groups in total. The fourth-order valence-corrected chi connectivity index (χ4v) is 1.76. The van der Waals surface area contributed by atoms with Crippen LogP contribution in [0.1, 0.15) is 26.2 Å². The lowest BCUT2D eigenvalue weighted by Gasteiger charge is -2.27. The first-order valence-corrected chi connectivity index (χ1v) is 5.99. The molecule has 0 spiro atoms. The number of nitrogens with one attached hydrogen (secondary N) is 2. The van der Waals surface area contributed by atoms with Gasteiger partial charge in [-0.2, -0.15) is 0 Å². The van der Waals surface area contributed by atoms with Gasteiger partial charge >= 0.3 is 0 Å². The third-order valence-electron chi connectivity index (χ3n) is 2.64. The molecular formula is C11H21N3O2. The Labute approximate surface area is 96.6 Å².